The molecule has 1 fully saturated rings. The number of nitrogens with two attached hydrogens (primary N) is 1. The van der Waals surface area contributed by atoms with Gasteiger partial charge in [-0.3, -0.25) is 4.99 Å². The van der Waals surface area contributed by atoms with Gasteiger partial charge in [-0.1, -0.05) is 23.8 Å². The quantitative estimate of drug-likeness (QED) is 0.557. The monoisotopic (exact) mass is 402 g/mol. The third-order valence-electron chi connectivity index (χ3n) is 4.56. The second-order valence-electron chi connectivity index (χ2n) is 6.65. The van der Waals surface area contributed by atoms with Crippen LogP contribution in [0.1, 0.15) is 5.56 Å². The van der Waals surface area contributed by atoms with E-state index in [1.54, 1.807) is 6.20 Å². The van der Waals surface area contributed by atoms with Crippen LogP contribution in [-0.2, 0) is 10.0 Å². The molecule has 150 valence electrons. The SMILES string of the molecule is Cc1ccc(NC(N)=NCCS(=O)(=O)N2CCN(c3ccccn3)CC2)cc1. The Labute approximate surface area is 166 Å². The summed E-state index contributed by atoms with van der Waals surface area (Å²) in [4.78, 5) is 10.5. The third-order valence-corrected chi connectivity index (χ3v) is 6.41. The number of sulfonamides is 1. The molecule has 9 heteroatoms. The van der Waals surface area contributed by atoms with Crippen molar-refractivity contribution in [2.24, 2.45) is 10.7 Å². The molecule has 3 N–H and O–H groups in total. The molecule has 1 aromatic heterocycles. The Hall–Kier alpha value is -2.65. The van der Waals surface area contributed by atoms with Crippen molar-refractivity contribution in [3.63, 3.8) is 0 Å². The molecule has 0 spiro atoms. The first kappa shape index (κ1) is 20.1. The molecule has 3 rings (SSSR count). The lowest BCUT2D eigenvalue weighted by Crippen LogP contribution is -2.49. The van der Waals surface area contributed by atoms with E-state index in [1.807, 2.05) is 49.4 Å². The second-order valence-corrected chi connectivity index (χ2v) is 8.74. The fourth-order valence-corrected chi connectivity index (χ4v) is 4.27. The summed E-state index contributed by atoms with van der Waals surface area (Å²) >= 11 is 0. The molecule has 1 saturated heterocycles. The standard InChI is InChI=1S/C19H26N6O2S/c1-16-5-7-17(8-6-16)23-19(20)22-10-15-28(26,27)25-13-11-24(12-14-25)18-4-2-3-9-21-18/h2-9H,10-15H2,1H3,(H3,20,22,23). The fraction of sp³-hybridized carbons (Fsp3) is 0.368. The summed E-state index contributed by atoms with van der Waals surface area (Å²) in [6.45, 7) is 4.25. The predicted octanol–water partition coefficient (Wildman–Crippen LogP) is 1.27. The number of benzene rings is 1. The van der Waals surface area contributed by atoms with Gasteiger partial charge in [-0.15, -0.1) is 0 Å². The van der Waals surface area contributed by atoms with Gasteiger partial charge in [0, 0.05) is 38.1 Å². The van der Waals surface area contributed by atoms with Crippen LogP contribution in [0, 0.1) is 6.92 Å². The van der Waals surface area contributed by atoms with E-state index in [0.29, 0.717) is 26.2 Å². The van der Waals surface area contributed by atoms with E-state index in [9.17, 15) is 8.42 Å². The summed E-state index contributed by atoms with van der Waals surface area (Å²) in [6.07, 6.45) is 1.74. The van der Waals surface area contributed by atoms with Gasteiger partial charge in [0.15, 0.2) is 5.96 Å². The average Bonchev–Trinajstić information content (AvgIpc) is 2.70. The van der Waals surface area contributed by atoms with E-state index in [2.05, 4.69) is 20.2 Å². The lowest BCUT2D eigenvalue weighted by Gasteiger charge is -2.34. The smallest absolute Gasteiger partial charge is 0.216 e. The van der Waals surface area contributed by atoms with E-state index in [-0.39, 0.29) is 18.3 Å². The Morgan fingerprint density at radius 3 is 2.50 bits per heavy atom. The summed E-state index contributed by atoms with van der Waals surface area (Å²) in [6, 6.07) is 13.5. The molecule has 0 unspecified atom stereocenters. The van der Waals surface area contributed by atoms with Crippen LogP contribution >= 0.6 is 0 Å². The van der Waals surface area contributed by atoms with Gasteiger partial charge in [-0.25, -0.2) is 13.4 Å². The van der Waals surface area contributed by atoms with E-state index < -0.39 is 10.0 Å². The first-order valence-corrected chi connectivity index (χ1v) is 10.8. The number of hydrogen-bond donors (Lipinski definition) is 2. The number of aliphatic imine (C=N–C) groups is 1. The Balaban J connectivity index is 1.48. The zero-order valence-corrected chi connectivity index (χ0v) is 16.8. The first-order valence-electron chi connectivity index (χ1n) is 9.21. The van der Waals surface area contributed by atoms with Crippen molar-refractivity contribution >= 4 is 27.5 Å². The van der Waals surface area contributed by atoms with Crippen molar-refractivity contribution in [2.45, 2.75) is 6.92 Å². The molecule has 0 atom stereocenters. The lowest BCUT2D eigenvalue weighted by molar-refractivity contribution is 0.384. The fourth-order valence-electron chi connectivity index (χ4n) is 2.97. The maximum atomic E-state index is 12.6. The number of pyridine rings is 1. The summed E-state index contributed by atoms with van der Waals surface area (Å²) in [5.74, 6) is 1.02. The Kier molecular flexibility index (Phi) is 6.48. The van der Waals surface area contributed by atoms with Crippen LogP contribution in [0.15, 0.2) is 53.7 Å². The molecule has 0 amide bonds. The highest BCUT2D eigenvalue weighted by Gasteiger charge is 2.26. The number of rotatable bonds is 6. The zero-order valence-electron chi connectivity index (χ0n) is 16.0. The maximum absolute atomic E-state index is 12.6. The molecular formula is C19H26N6O2S. The van der Waals surface area contributed by atoms with Crippen LogP contribution < -0.4 is 16.0 Å². The van der Waals surface area contributed by atoms with Gasteiger partial charge in [-0.05, 0) is 31.2 Å². The van der Waals surface area contributed by atoms with Crippen LogP contribution in [0.25, 0.3) is 0 Å². The minimum Gasteiger partial charge on any atom is -0.370 e. The van der Waals surface area contributed by atoms with Crippen LogP contribution in [-0.4, -0.2) is 62.1 Å². The molecule has 2 heterocycles. The molecule has 1 aliphatic rings. The lowest BCUT2D eigenvalue weighted by atomic mass is 10.2. The molecule has 0 saturated carbocycles. The van der Waals surface area contributed by atoms with Crippen molar-refractivity contribution in [1.82, 2.24) is 9.29 Å². The van der Waals surface area contributed by atoms with Crippen LogP contribution in [0.5, 0.6) is 0 Å². The van der Waals surface area contributed by atoms with Gasteiger partial charge in [0.05, 0.1) is 12.3 Å². The van der Waals surface area contributed by atoms with Gasteiger partial charge < -0.3 is 16.0 Å². The number of piperazine rings is 1. The van der Waals surface area contributed by atoms with Crippen molar-refractivity contribution in [2.75, 3.05) is 48.7 Å². The molecule has 0 bridgehead atoms. The number of hydrogen-bond acceptors (Lipinski definition) is 5. The molecule has 0 radical (unpaired) electrons. The minimum absolute atomic E-state index is 0.0626. The van der Waals surface area contributed by atoms with Crippen molar-refractivity contribution in [3.05, 3.63) is 54.2 Å². The van der Waals surface area contributed by atoms with Gasteiger partial charge >= 0.3 is 0 Å². The van der Waals surface area contributed by atoms with E-state index in [4.69, 9.17) is 5.73 Å². The van der Waals surface area contributed by atoms with E-state index in [0.717, 1.165) is 17.1 Å². The number of guanidine groups is 1. The van der Waals surface area contributed by atoms with Crippen molar-refractivity contribution in [3.8, 4) is 0 Å². The topological polar surface area (TPSA) is 104 Å². The molecule has 1 aromatic carbocycles. The number of aromatic nitrogens is 1. The number of nitrogens with one attached hydrogen (secondary N) is 1. The second kappa shape index (κ2) is 9.03. The number of nitrogens with zero attached hydrogens (tertiary/aromatic N) is 4. The average molecular weight is 403 g/mol. The van der Waals surface area contributed by atoms with Gasteiger partial charge in [0.2, 0.25) is 10.0 Å². The molecule has 2 aromatic rings. The first-order chi connectivity index (χ1) is 13.4. The summed E-state index contributed by atoms with van der Waals surface area (Å²) < 4.78 is 26.7. The van der Waals surface area contributed by atoms with Crippen LogP contribution in [0.3, 0.4) is 0 Å². The van der Waals surface area contributed by atoms with Crippen LogP contribution in [0.2, 0.25) is 0 Å². The molecule has 8 nitrogen and oxygen atoms in total. The summed E-state index contributed by atoms with van der Waals surface area (Å²) in [5, 5.41) is 2.96. The van der Waals surface area contributed by atoms with Crippen LogP contribution in [0.4, 0.5) is 11.5 Å². The maximum Gasteiger partial charge on any atom is 0.216 e. The molecule has 28 heavy (non-hydrogen) atoms. The summed E-state index contributed by atoms with van der Waals surface area (Å²) in [5.41, 5.74) is 7.82. The number of anilines is 2. The highest BCUT2D eigenvalue weighted by Crippen LogP contribution is 2.15. The molecular weight excluding hydrogens is 376 g/mol. The Morgan fingerprint density at radius 1 is 1.14 bits per heavy atom. The third kappa shape index (κ3) is 5.43. The largest absolute Gasteiger partial charge is 0.370 e. The number of aryl methyl sites for hydroxylation is 1. The van der Waals surface area contributed by atoms with E-state index in [1.165, 1.54) is 4.31 Å². The Morgan fingerprint density at radius 2 is 1.86 bits per heavy atom. The summed E-state index contributed by atoms with van der Waals surface area (Å²) in [7, 11) is -3.37. The highest BCUT2D eigenvalue weighted by atomic mass is 32.2. The molecule has 0 aliphatic carbocycles. The van der Waals surface area contributed by atoms with E-state index >= 15 is 0 Å². The predicted molar refractivity (Wildman–Crippen MR) is 113 cm³/mol. The van der Waals surface area contributed by atoms with Crippen molar-refractivity contribution in [1.29, 1.82) is 0 Å². The van der Waals surface area contributed by atoms with Crippen molar-refractivity contribution < 1.29 is 8.42 Å². The van der Waals surface area contributed by atoms with Gasteiger partial charge in [0.25, 0.3) is 0 Å². The van der Waals surface area contributed by atoms with Gasteiger partial charge in [0.1, 0.15) is 5.82 Å². The zero-order chi connectivity index (χ0) is 20.0. The highest BCUT2D eigenvalue weighted by molar-refractivity contribution is 7.89. The normalized spacial score (nSPS) is 16.2. The molecule has 1 aliphatic heterocycles. The Bertz CT molecular complexity index is 892. The minimum atomic E-state index is -3.37. The van der Waals surface area contributed by atoms with Gasteiger partial charge in [-0.2, -0.15) is 4.31 Å².